The van der Waals surface area contributed by atoms with Crippen LogP contribution in [-0.2, 0) is 0 Å². The number of halogens is 1. The fraction of sp³-hybridized carbons (Fsp3) is 0.154. The molecule has 0 aliphatic heterocycles. The predicted octanol–water partition coefficient (Wildman–Crippen LogP) is 3.25. The lowest BCUT2D eigenvalue weighted by molar-refractivity contribution is 0.100. The average molecular weight is 354 g/mol. The van der Waals surface area contributed by atoms with Gasteiger partial charge in [-0.05, 0) is 24.6 Å². The van der Waals surface area contributed by atoms with E-state index in [2.05, 4.69) is 26.2 Å². The maximum Gasteiger partial charge on any atom is 0.257 e. The minimum atomic E-state index is -0.306. The molecule has 1 amide bonds. The Bertz CT molecular complexity index is 697. The van der Waals surface area contributed by atoms with Gasteiger partial charge in [0.05, 0.1) is 0 Å². The van der Waals surface area contributed by atoms with Crippen molar-refractivity contribution in [1.82, 2.24) is 4.98 Å². The normalized spacial score (nSPS) is 10.3. The van der Waals surface area contributed by atoms with Crippen LogP contribution in [0.25, 0.3) is 0 Å². The second-order valence-electron chi connectivity index (χ2n) is 4.22. The van der Waals surface area contributed by atoms with Gasteiger partial charge >= 0.3 is 0 Å². The lowest BCUT2D eigenvalue weighted by Crippen LogP contribution is -2.14. The summed E-state index contributed by atoms with van der Waals surface area (Å²) in [6.07, 6.45) is 0. The Morgan fingerprint density at radius 1 is 1.40 bits per heavy atom. The summed E-state index contributed by atoms with van der Waals surface area (Å²) < 4.78 is 0.731. The van der Waals surface area contributed by atoms with E-state index in [0.717, 1.165) is 4.47 Å². The van der Waals surface area contributed by atoms with E-state index < -0.39 is 0 Å². The first-order valence-electron chi connectivity index (χ1n) is 5.72. The highest BCUT2D eigenvalue weighted by Gasteiger charge is 2.14. The molecule has 1 aromatic carbocycles. The van der Waals surface area contributed by atoms with Crippen molar-refractivity contribution in [2.75, 3.05) is 11.1 Å². The average Bonchev–Trinajstić information content (AvgIpc) is 2.82. The Balaban J connectivity index is 2.26. The van der Waals surface area contributed by atoms with Gasteiger partial charge in [-0.3, -0.25) is 14.9 Å². The van der Waals surface area contributed by atoms with E-state index in [4.69, 9.17) is 5.73 Å². The third kappa shape index (κ3) is 3.05. The summed E-state index contributed by atoms with van der Waals surface area (Å²) in [5.41, 5.74) is 7.88. The minimum Gasteiger partial charge on any atom is -0.398 e. The Hall–Kier alpha value is -1.73. The van der Waals surface area contributed by atoms with Gasteiger partial charge in [-0.1, -0.05) is 15.9 Å². The number of thiazole rings is 1. The van der Waals surface area contributed by atoms with Crippen LogP contribution in [0, 0.1) is 6.92 Å². The smallest absolute Gasteiger partial charge is 0.257 e. The van der Waals surface area contributed by atoms with Crippen molar-refractivity contribution in [3.8, 4) is 0 Å². The number of anilines is 2. The summed E-state index contributed by atoms with van der Waals surface area (Å²) in [5, 5.41) is 4.67. The molecule has 0 aliphatic carbocycles. The van der Waals surface area contributed by atoms with Crippen LogP contribution in [0.2, 0.25) is 0 Å². The van der Waals surface area contributed by atoms with Gasteiger partial charge in [-0.15, -0.1) is 11.3 Å². The highest BCUT2D eigenvalue weighted by atomic mass is 79.9. The zero-order valence-corrected chi connectivity index (χ0v) is 13.3. The molecule has 3 N–H and O–H groups in total. The first-order chi connectivity index (χ1) is 9.38. The molecular weight excluding hydrogens is 342 g/mol. The van der Waals surface area contributed by atoms with Crippen LogP contribution in [-0.4, -0.2) is 16.7 Å². The molecule has 0 saturated heterocycles. The highest BCUT2D eigenvalue weighted by molar-refractivity contribution is 9.10. The maximum absolute atomic E-state index is 12.2. The standard InChI is InChI=1S/C13H12BrN3O2S/c1-6-9(3-8(14)4-10(6)15)12(19)17-13-16-11(5-20-13)7(2)18/h3-5H,15H2,1-2H3,(H,16,17,19). The van der Waals surface area contributed by atoms with Crippen molar-refractivity contribution in [2.24, 2.45) is 0 Å². The third-order valence-electron chi connectivity index (χ3n) is 2.74. The minimum absolute atomic E-state index is 0.135. The van der Waals surface area contributed by atoms with Crippen LogP contribution in [0.5, 0.6) is 0 Å². The van der Waals surface area contributed by atoms with Crippen molar-refractivity contribution in [3.63, 3.8) is 0 Å². The van der Waals surface area contributed by atoms with Crippen LogP contribution in [0.1, 0.15) is 33.3 Å². The van der Waals surface area contributed by atoms with E-state index >= 15 is 0 Å². The number of nitrogens with one attached hydrogen (secondary N) is 1. The number of amides is 1. The van der Waals surface area contributed by atoms with Crippen molar-refractivity contribution in [1.29, 1.82) is 0 Å². The third-order valence-corrected chi connectivity index (χ3v) is 3.96. The van der Waals surface area contributed by atoms with E-state index in [-0.39, 0.29) is 11.7 Å². The number of hydrogen-bond acceptors (Lipinski definition) is 5. The molecule has 0 unspecified atom stereocenters. The van der Waals surface area contributed by atoms with Crippen molar-refractivity contribution in [2.45, 2.75) is 13.8 Å². The number of rotatable bonds is 3. The number of hydrogen-bond donors (Lipinski definition) is 2. The van der Waals surface area contributed by atoms with Gasteiger partial charge in [-0.2, -0.15) is 0 Å². The van der Waals surface area contributed by atoms with Gasteiger partial charge in [0.1, 0.15) is 5.69 Å². The largest absolute Gasteiger partial charge is 0.398 e. The fourth-order valence-electron chi connectivity index (χ4n) is 1.59. The zero-order chi connectivity index (χ0) is 14.9. The molecular formula is C13H12BrN3O2S. The van der Waals surface area contributed by atoms with Crippen molar-refractivity contribution >= 4 is 49.8 Å². The van der Waals surface area contributed by atoms with E-state index in [1.54, 1.807) is 24.4 Å². The summed E-state index contributed by atoms with van der Waals surface area (Å²) in [4.78, 5) is 27.4. The number of Topliss-reactive ketones (excluding diaryl/α,β-unsaturated/α-hetero) is 1. The van der Waals surface area contributed by atoms with E-state index in [1.807, 2.05) is 0 Å². The van der Waals surface area contributed by atoms with Crippen molar-refractivity contribution in [3.05, 3.63) is 38.8 Å². The number of carbonyl (C=O) groups is 2. The SMILES string of the molecule is CC(=O)c1csc(NC(=O)c2cc(Br)cc(N)c2C)n1. The molecule has 20 heavy (non-hydrogen) atoms. The fourth-order valence-corrected chi connectivity index (χ4v) is 2.81. The molecule has 0 saturated carbocycles. The predicted molar refractivity (Wildman–Crippen MR) is 83.4 cm³/mol. The molecule has 0 atom stereocenters. The topological polar surface area (TPSA) is 85.1 Å². The van der Waals surface area contributed by atoms with Gasteiger partial charge in [0.15, 0.2) is 10.9 Å². The van der Waals surface area contributed by atoms with Crippen LogP contribution in [0.15, 0.2) is 22.0 Å². The number of aromatic nitrogens is 1. The van der Waals surface area contributed by atoms with Gasteiger partial charge in [0.25, 0.3) is 5.91 Å². The first-order valence-corrected chi connectivity index (χ1v) is 7.39. The van der Waals surface area contributed by atoms with Crippen LogP contribution in [0.4, 0.5) is 10.8 Å². The summed E-state index contributed by atoms with van der Waals surface area (Å²) in [5.74, 6) is -0.440. The molecule has 7 heteroatoms. The van der Waals surface area contributed by atoms with E-state index in [0.29, 0.717) is 27.6 Å². The summed E-state index contributed by atoms with van der Waals surface area (Å²) in [7, 11) is 0. The molecule has 0 radical (unpaired) electrons. The molecule has 5 nitrogen and oxygen atoms in total. The van der Waals surface area contributed by atoms with Gasteiger partial charge in [-0.25, -0.2) is 4.98 Å². The lowest BCUT2D eigenvalue weighted by atomic mass is 10.1. The summed E-state index contributed by atoms with van der Waals surface area (Å²) in [6, 6.07) is 3.43. The number of nitrogen functional groups attached to an aromatic ring is 1. The second kappa shape index (κ2) is 5.72. The molecule has 0 spiro atoms. The lowest BCUT2D eigenvalue weighted by Gasteiger charge is -2.08. The monoisotopic (exact) mass is 353 g/mol. The maximum atomic E-state index is 12.2. The molecule has 2 rings (SSSR count). The number of nitrogens with two attached hydrogens (primary N) is 1. The van der Waals surface area contributed by atoms with Crippen LogP contribution >= 0.6 is 27.3 Å². The quantitative estimate of drug-likeness (QED) is 0.655. The Morgan fingerprint density at radius 2 is 2.10 bits per heavy atom. The molecule has 0 fully saturated rings. The van der Waals surface area contributed by atoms with Crippen LogP contribution in [0.3, 0.4) is 0 Å². The van der Waals surface area contributed by atoms with Gasteiger partial charge in [0, 0.05) is 28.0 Å². The van der Waals surface area contributed by atoms with Crippen LogP contribution < -0.4 is 11.1 Å². The van der Waals surface area contributed by atoms with E-state index in [9.17, 15) is 9.59 Å². The Kier molecular flexibility index (Phi) is 4.20. The van der Waals surface area contributed by atoms with E-state index in [1.165, 1.54) is 18.3 Å². The molecule has 104 valence electrons. The van der Waals surface area contributed by atoms with Crippen molar-refractivity contribution < 1.29 is 9.59 Å². The number of benzene rings is 1. The molecule has 0 aliphatic rings. The second-order valence-corrected chi connectivity index (χ2v) is 5.99. The summed E-state index contributed by atoms with van der Waals surface area (Å²) in [6.45, 7) is 3.21. The number of carbonyl (C=O) groups excluding carboxylic acids is 2. The molecule has 0 bridgehead atoms. The highest BCUT2D eigenvalue weighted by Crippen LogP contribution is 2.24. The van der Waals surface area contributed by atoms with Gasteiger partial charge in [0.2, 0.25) is 0 Å². The molecule has 2 aromatic rings. The number of nitrogens with zero attached hydrogens (tertiary/aromatic N) is 1. The zero-order valence-electron chi connectivity index (χ0n) is 10.9. The molecule has 1 heterocycles. The first kappa shape index (κ1) is 14.7. The Labute approximate surface area is 128 Å². The Morgan fingerprint density at radius 3 is 2.70 bits per heavy atom. The van der Waals surface area contributed by atoms with Gasteiger partial charge < -0.3 is 5.73 Å². The summed E-state index contributed by atoms with van der Waals surface area (Å²) >= 11 is 4.51. The number of ketones is 1. The molecule has 1 aromatic heterocycles.